The molecule has 3 heterocycles. The maximum Gasteiger partial charge on any atom is 0.218 e. The largest absolute Gasteiger partial charge is 0.461 e. The molecular weight excluding hydrogens is 354 g/mol. The zero-order chi connectivity index (χ0) is 18.9. The number of anilines is 1. The van der Waals surface area contributed by atoms with Crippen LogP contribution in [0.15, 0.2) is 83.6 Å². The van der Waals surface area contributed by atoms with Crippen LogP contribution in [0.2, 0.25) is 0 Å². The second-order valence-corrected chi connectivity index (χ2v) is 6.13. The Balaban J connectivity index is 1.47. The first-order valence-corrected chi connectivity index (χ1v) is 8.66. The zero-order valence-electron chi connectivity index (χ0n) is 14.7. The molecule has 5 rings (SSSR count). The Hall–Kier alpha value is -4.13. The van der Waals surface area contributed by atoms with Crippen molar-refractivity contribution in [3.63, 3.8) is 0 Å². The van der Waals surface area contributed by atoms with Crippen LogP contribution in [-0.4, -0.2) is 19.6 Å². The van der Waals surface area contributed by atoms with E-state index in [0.717, 1.165) is 17.1 Å². The van der Waals surface area contributed by atoms with Crippen LogP contribution >= 0.6 is 0 Å². The molecule has 0 atom stereocenters. The maximum absolute atomic E-state index is 6.10. The Morgan fingerprint density at radius 3 is 2.39 bits per heavy atom. The van der Waals surface area contributed by atoms with Gasteiger partial charge in [-0.25, -0.2) is 14.5 Å². The van der Waals surface area contributed by atoms with Gasteiger partial charge in [-0.1, -0.05) is 18.2 Å². The quantitative estimate of drug-likeness (QED) is 0.504. The highest BCUT2D eigenvalue weighted by Crippen LogP contribution is 2.26. The van der Waals surface area contributed by atoms with Gasteiger partial charge < -0.3 is 14.9 Å². The summed E-state index contributed by atoms with van der Waals surface area (Å²) < 4.78 is 12.8. The smallest absolute Gasteiger partial charge is 0.218 e. The summed E-state index contributed by atoms with van der Waals surface area (Å²) >= 11 is 0. The third-order valence-corrected chi connectivity index (χ3v) is 4.22. The molecule has 136 valence electrons. The third kappa shape index (κ3) is 2.95. The van der Waals surface area contributed by atoms with Crippen molar-refractivity contribution in [3.8, 4) is 34.3 Å². The highest BCUT2D eigenvalue weighted by molar-refractivity contribution is 5.69. The molecule has 0 unspecified atom stereocenters. The molecule has 2 aromatic carbocycles. The van der Waals surface area contributed by atoms with Crippen molar-refractivity contribution in [1.29, 1.82) is 0 Å². The molecule has 7 nitrogen and oxygen atoms in total. The number of aromatic nitrogens is 4. The predicted molar refractivity (Wildman–Crippen MR) is 105 cm³/mol. The number of hydrogen-bond donors (Lipinski definition) is 1. The van der Waals surface area contributed by atoms with Gasteiger partial charge in [0, 0.05) is 5.56 Å². The zero-order valence-corrected chi connectivity index (χ0v) is 14.7. The molecule has 0 radical (unpaired) electrons. The highest BCUT2D eigenvalue weighted by atomic mass is 16.5. The molecule has 0 bridgehead atoms. The van der Waals surface area contributed by atoms with Crippen molar-refractivity contribution >= 4 is 11.5 Å². The maximum atomic E-state index is 6.10. The van der Waals surface area contributed by atoms with Crippen molar-refractivity contribution < 1.29 is 9.15 Å². The Morgan fingerprint density at radius 1 is 0.857 bits per heavy atom. The number of hydrogen-bond acceptors (Lipinski definition) is 6. The van der Waals surface area contributed by atoms with E-state index in [9.17, 15) is 0 Å². The monoisotopic (exact) mass is 369 g/mol. The van der Waals surface area contributed by atoms with E-state index < -0.39 is 0 Å². The Kier molecular flexibility index (Phi) is 3.76. The van der Waals surface area contributed by atoms with Gasteiger partial charge in [0.15, 0.2) is 17.2 Å². The lowest BCUT2D eigenvalue weighted by molar-refractivity contribution is 0.483. The number of fused-ring (bicyclic) bond motifs is 1. The van der Waals surface area contributed by atoms with Crippen LogP contribution in [0.25, 0.3) is 28.5 Å². The number of nitrogens with zero attached hydrogens (tertiary/aromatic N) is 4. The number of ether oxygens (including phenoxy) is 1. The molecule has 0 aliphatic rings. The first kappa shape index (κ1) is 16.1. The summed E-state index contributed by atoms with van der Waals surface area (Å²) in [5.41, 5.74) is 8.17. The molecule has 0 spiro atoms. The van der Waals surface area contributed by atoms with Gasteiger partial charge >= 0.3 is 0 Å². The molecule has 2 N–H and O–H groups in total. The highest BCUT2D eigenvalue weighted by Gasteiger charge is 2.13. The van der Waals surface area contributed by atoms with E-state index >= 15 is 0 Å². The van der Waals surface area contributed by atoms with Gasteiger partial charge in [0.2, 0.25) is 5.82 Å². The number of nitrogen functional groups attached to an aromatic ring is 1. The van der Waals surface area contributed by atoms with Crippen molar-refractivity contribution in [3.05, 3.63) is 79.2 Å². The van der Waals surface area contributed by atoms with Gasteiger partial charge in [0.25, 0.3) is 0 Å². The molecule has 0 saturated carbocycles. The average Bonchev–Trinajstić information content (AvgIpc) is 3.39. The SMILES string of the molecule is Nc1nc(-c2ccc(Oc3ccccc3)cc2)cn2nc(-c3ccco3)nc12. The predicted octanol–water partition coefficient (Wildman–Crippen LogP) is 4.43. The van der Waals surface area contributed by atoms with Crippen LogP contribution in [-0.2, 0) is 0 Å². The topological polar surface area (TPSA) is 91.5 Å². The molecule has 0 aliphatic heterocycles. The van der Waals surface area contributed by atoms with Crippen LogP contribution in [0.4, 0.5) is 5.82 Å². The summed E-state index contributed by atoms with van der Waals surface area (Å²) in [5.74, 6) is 2.86. The van der Waals surface area contributed by atoms with Crippen molar-refractivity contribution in [2.75, 3.05) is 5.73 Å². The summed E-state index contributed by atoms with van der Waals surface area (Å²) in [4.78, 5) is 8.86. The Morgan fingerprint density at radius 2 is 1.64 bits per heavy atom. The molecular formula is C21H15N5O2. The summed E-state index contributed by atoms with van der Waals surface area (Å²) in [7, 11) is 0. The number of rotatable bonds is 4. The van der Waals surface area contributed by atoms with Gasteiger partial charge in [-0.15, -0.1) is 5.10 Å². The molecule has 0 saturated heterocycles. The van der Waals surface area contributed by atoms with E-state index in [-0.39, 0.29) is 0 Å². The first-order valence-electron chi connectivity index (χ1n) is 8.66. The second-order valence-electron chi connectivity index (χ2n) is 6.13. The van der Waals surface area contributed by atoms with E-state index in [4.69, 9.17) is 14.9 Å². The molecule has 0 aliphatic carbocycles. The lowest BCUT2D eigenvalue weighted by atomic mass is 10.1. The second kappa shape index (κ2) is 6.55. The van der Waals surface area contributed by atoms with Crippen molar-refractivity contribution in [2.45, 2.75) is 0 Å². The van der Waals surface area contributed by atoms with E-state index in [1.165, 1.54) is 0 Å². The lowest BCUT2D eigenvalue weighted by Gasteiger charge is -2.07. The van der Waals surface area contributed by atoms with E-state index in [1.807, 2.05) is 54.6 Å². The van der Waals surface area contributed by atoms with Crippen molar-refractivity contribution in [1.82, 2.24) is 19.6 Å². The molecule has 5 aromatic rings. The van der Waals surface area contributed by atoms with E-state index in [2.05, 4.69) is 15.1 Å². The fourth-order valence-corrected chi connectivity index (χ4v) is 2.88. The van der Waals surface area contributed by atoms with Crippen LogP contribution < -0.4 is 10.5 Å². The number of furan rings is 1. The minimum absolute atomic E-state index is 0.299. The summed E-state index contributed by atoms with van der Waals surface area (Å²) in [5, 5.41) is 4.44. The summed E-state index contributed by atoms with van der Waals surface area (Å²) in [6.07, 6.45) is 3.37. The van der Waals surface area contributed by atoms with Crippen LogP contribution in [0.1, 0.15) is 0 Å². The number of nitrogens with two attached hydrogens (primary N) is 1. The fourth-order valence-electron chi connectivity index (χ4n) is 2.88. The van der Waals surface area contributed by atoms with Gasteiger partial charge in [-0.3, -0.25) is 0 Å². The Bertz CT molecular complexity index is 1230. The van der Waals surface area contributed by atoms with Gasteiger partial charge in [0.05, 0.1) is 18.2 Å². The molecule has 0 amide bonds. The Labute approximate surface area is 160 Å². The molecule has 28 heavy (non-hydrogen) atoms. The molecule has 0 fully saturated rings. The van der Waals surface area contributed by atoms with E-state index in [1.54, 1.807) is 29.1 Å². The third-order valence-electron chi connectivity index (χ3n) is 4.22. The van der Waals surface area contributed by atoms with Crippen molar-refractivity contribution in [2.24, 2.45) is 0 Å². The fraction of sp³-hybridized carbons (Fsp3) is 0. The van der Waals surface area contributed by atoms with E-state index in [0.29, 0.717) is 28.7 Å². The minimum Gasteiger partial charge on any atom is -0.461 e. The summed E-state index contributed by atoms with van der Waals surface area (Å²) in [6, 6.07) is 20.8. The molecule has 7 heteroatoms. The number of para-hydroxylation sites is 1. The van der Waals surface area contributed by atoms with Crippen LogP contribution in [0, 0.1) is 0 Å². The normalized spacial score (nSPS) is 11.0. The average molecular weight is 369 g/mol. The van der Waals surface area contributed by atoms with Gasteiger partial charge in [-0.2, -0.15) is 0 Å². The first-order chi connectivity index (χ1) is 13.8. The summed E-state index contributed by atoms with van der Waals surface area (Å²) in [6.45, 7) is 0. The molecule has 3 aromatic heterocycles. The lowest BCUT2D eigenvalue weighted by Crippen LogP contribution is -1.99. The van der Waals surface area contributed by atoms with Crippen LogP contribution in [0.3, 0.4) is 0 Å². The van der Waals surface area contributed by atoms with Gasteiger partial charge in [0.1, 0.15) is 11.5 Å². The van der Waals surface area contributed by atoms with Gasteiger partial charge in [-0.05, 0) is 48.5 Å². The van der Waals surface area contributed by atoms with Crippen LogP contribution in [0.5, 0.6) is 11.5 Å². The minimum atomic E-state index is 0.299. The number of benzene rings is 2. The standard InChI is InChI=1S/C21H15N5O2/c22-19-21-24-20(18-7-4-12-27-18)25-26(21)13-17(23-19)14-8-10-16(11-9-14)28-15-5-2-1-3-6-15/h1-13H,(H2,22,23).